The second-order valence-corrected chi connectivity index (χ2v) is 7.85. The number of rotatable bonds is 9. The van der Waals surface area contributed by atoms with Gasteiger partial charge in [0.2, 0.25) is 5.75 Å². The molecule has 9 nitrogen and oxygen atoms in total. The quantitative estimate of drug-likeness (QED) is 0.209. The molecule has 0 saturated carbocycles. The molecule has 0 unspecified atom stereocenters. The Labute approximate surface area is 224 Å². The zero-order valence-corrected chi connectivity index (χ0v) is 21.3. The molecule has 0 radical (unpaired) electrons. The van der Waals surface area contributed by atoms with Crippen molar-refractivity contribution in [2.45, 2.75) is 0 Å². The predicted molar refractivity (Wildman–Crippen MR) is 140 cm³/mol. The number of carbonyl (C=O) groups excluding carboxylic acids is 3. The first kappa shape index (κ1) is 26.7. The first-order valence-electron chi connectivity index (χ1n) is 11.7. The van der Waals surface area contributed by atoms with E-state index in [9.17, 15) is 14.4 Å². The number of ether oxygens (including phenoxy) is 6. The van der Waals surface area contributed by atoms with E-state index in [1.807, 2.05) is 0 Å². The van der Waals surface area contributed by atoms with E-state index in [4.69, 9.17) is 28.4 Å². The Kier molecular flexibility index (Phi) is 8.43. The average molecular weight is 529 g/mol. The van der Waals surface area contributed by atoms with Crippen molar-refractivity contribution in [3.63, 3.8) is 0 Å². The third kappa shape index (κ3) is 5.99. The normalized spacial score (nSPS) is 10.2. The number of para-hydroxylation sites is 4. The summed E-state index contributed by atoms with van der Waals surface area (Å²) in [6.45, 7) is 0. The Bertz CT molecular complexity index is 1430. The van der Waals surface area contributed by atoms with Gasteiger partial charge in [0.1, 0.15) is 33.9 Å². The number of carbonyl (C=O) groups is 3. The molecule has 0 aliphatic rings. The topological polar surface area (TPSA) is 107 Å². The Balaban J connectivity index is 1.74. The van der Waals surface area contributed by atoms with Gasteiger partial charge in [0.05, 0.1) is 21.3 Å². The minimum absolute atomic E-state index is 0.105. The van der Waals surface area contributed by atoms with Gasteiger partial charge in [0.25, 0.3) is 0 Å². The van der Waals surface area contributed by atoms with E-state index in [0.29, 0.717) is 0 Å². The molecule has 0 aliphatic carbocycles. The molecule has 0 N–H and O–H groups in total. The number of hydrogen-bond donors (Lipinski definition) is 0. The maximum Gasteiger partial charge on any atom is 0.347 e. The van der Waals surface area contributed by atoms with Gasteiger partial charge in [-0.25, -0.2) is 14.4 Å². The van der Waals surface area contributed by atoms with Crippen LogP contribution in [0.2, 0.25) is 0 Å². The van der Waals surface area contributed by atoms with Crippen molar-refractivity contribution in [3.05, 3.63) is 108 Å². The molecule has 4 aromatic carbocycles. The highest BCUT2D eigenvalue weighted by atomic mass is 16.6. The predicted octanol–water partition coefficient (Wildman–Crippen LogP) is 5.37. The molecule has 0 spiro atoms. The van der Waals surface area contributed by atoms with Gasteiger partial charge in [-0.15, -0.1) is 0 Å². The lowest BCUT2D eigenvalue weighted by Crippen LogP contribution is -2.16. The summed E-state index contributed by atoms with van der Waals surface area (Å²) in [7, 11) is 4.25. The van der Waals surface area contributed by atoms with Gasteiger partial charge in [-0.1, -0.05) is 42.5 Å². The van der Waals surface area contributed by atoms with E-state index < -0.39 is 17.9 Å². The smallest absolute Gasteiger partial charge is 0.347 e. The molecule has 0 amide bonds. The average Bonchev–Trinajstić information content (AvgIpc) is 2.98. The molecule has 0 aliphatic heterocycles. The highest BCUT2D eigenvalue weighted by molar-refractivity contribution is 5.97. The maximum atomic E-state index is 13.2. The Morgan fingerprint density at radius 3 is 1.08 bits per heavy atom. The second-order valence-electron chi connectivity index (χ2n) is 7.85. The van der Waals surface area contributed by atoms with E-state index >= 15 is 0 Å². The van der Waals surface area contributed by atoms with Gasteiger partial charge in [0, 0.05) is 0 Å². The highest BCUT2D eigenvalue weighted by Crippen LogP contribution is 2.40. The monoisotopic (exact) mass is 528 g/mol. The molecule has 0 fully saturated rings. The molecule has 0 saturated heterocycles. The van der Waals surface area contributed by atoms with Crippen LogP contribution in [0.15, 0.2) is 91.0 Å². The molecular formula is C30H24O9. The number of esters is 3. The van der Waals surface area contributed by atoms with Crippen LogP contribution in [0.25, 0.3) is 0 Å². The van der Waals surface area contributed by atoms with Gasteiger partial charge in [-0.2, -0.15) is 0 Å². The van der Waals surface area contributed by atoms with Crippen LogP contribution in [0.4, 0.5) is 0 Å². The molecule has 0 heterocycles. The van der Waals surface area contributed by atoms with Crippen LogP contribution in [-0.4, -0.2) is 39.2 Å². The zero-order valence-electron chi connectivity index (χ0n) is 21.3. The largest absolute Gasteiger partial charge is 0.496 e. The van der Waals surface area contributed by atoms with Crippen LogP contribution in [-0.2, 0) is 0 Å². The lowest BCUT2D eigenvalue weighted by Gasteiger charge is -2.16. The summed E-state index contributed by atoms with van der Waals surface area (Å²) in [6, 6.07) is 23.7. The standard InChI is InChI=1S/C30H24O9/c1-34-22-14-7-4-11-19(22)28(31)37-25-17-10-18-26(38-29(32)20-12-5-8-15-23(20)35-2)27(25)39-30(33)21-13-6-9-16-24(21)36-3/h4-18H,1-3H3. The van der Waals surface area contributed by atoms with E-state index in [1.165, 1.54) is 57.7 Å². The SMILES string of the molecule is COc1ccccc1C(=O)Oc1cccc(OC(=O)c2ccccc2OC)c1OC(=O)c1ccccc1OC. The van der Waals surface area contributed by atoms with Gasteiger partial charge in [-0.3, -0.25) is 0 Å². The van der Waals surface area contributed by atoms with Gasteiger partial charge in [-0.05, 0) is 48.5 Å². The third-order valence-electron chi connectivity index (χ3n) is 5.52. The van der Waals surface area contributed by atoms with Crippen molar-refractivity contribution in [2.24, 2.45) is 0 Å². The van der Waals surface area contributed by atoms with E-state index in [2.05, 4.69) is 0 Å². The van der Waals surface area contributed by atoms with Crippen LogP contribution < -0.4 is 28.4 Å². The summed E-state index contributed by atoms with van der Waals surface area (Å²) in [5, 5.41) is 0. The van der Waals surface area contributed by atoms with E-state index in [1.54, 1.807) is 54.6 Å². The van der Waals surface area contributed by atoms with Crippen molar-refractivity contribution >= 4 is 17.9 Å². The van der Waals surface area contributed by atoms with Crippen LogP contribution in [0, 0.1) is 0 Å². The van der Waals surface area contributed by atoms with Gasteiger partial charge in [0.15, 0.2) is 11.5 Å². The van der Waals surface area contributed by atoms with Crippen LogP contribution >= 0.6 is 0 Å². The van der Waals surface area contributed by atoms with Crippen LogP contribution in [0.1, 0.15) is 31.1 Å². The summed E-state index contributed by atoms with van der Waals surface area (Å²) in [4.78, 5) is 39.3. The van der Waals surface area contributed by atoms with Gasteiger partial charge >= 0.3 is 17.9 Å². The Hall–Kier alpha value is -5.31. The van der Waals surface area contributed by atoms with Crippen LogP contribution in [0.3, 0.4) is 0 Å². The molecule has 4 aromatic rings. The molecule has 0 atom stereocenters. The van der Waals surface area contributed by atoms with Crippen LogP contribution in [0.5, 0.6) is 34.5 Å². The molecule has 39 heavy (non-hydrogen) atoms. The highest BCUT2D eigenvalue weighted by Gasteiger charge is 2.25. The summed E-state index contributed by atoms with van der Waals surface area (Å²) >= 11 is 0. The number of benzene rings is 4. The molecular weight excluding hydrogens is 504 g/mol. The minimum Gasteiger partial charge on any atom is -0.496 e. The summed E-state index contributed by atoms with van der Waals surface area (Å²) in [5.41, 5.74) is 0.379. The lowest BCUT2D eigenvalue weighted by atomic mass is 10.2. The van der Waals surface area contributed by atoms with Crippen molar-refractivity contribution < 1.29 is 42.8 Å². The van der Waals surface area contributed by atoms with Crippen molar-refractivity contribution in [1.82, 2.24) is 0 Å². The molecule has 9 heteroatoms. The zero-order chi connectivity index (χ0) is 27.8. The summed E-state index contributed by atoms with van der Waals surface area (Å²) in [5.74, 6) is -2.19. The van der Waals surface area contributed by atoms with E-state index in [-0.39, 0.29) is 51.2 Å². The first-order valence-corrected chi connectivity index (χ1v) is 11.7. The number of methoxy groups -OCH3 is 3. The Morgan fingerprint density at radius 1 is 0.410 bits per heavy atom. The number of hydrogen-bond acceptors (Lipinski definition) is 9. The lowest BCUT2D eigenvalue weighted by molar-refractivity contribution is 0.0653. The first-order chi connectivity index (χ1) is 19.0. The fourth-order valence-corrected chi connectivity index (χ4v) is 3.65. The second kappa shape index (κ2) is 12.3. The van der Waals surface area contributed by atoms with Crippen molar-refractivity contribution in [3.8, 4) is 34.5 Å². The minimum atomic E-state index is -0.831. The Morgan fingerprint density at radius 2 is 0.718 bits per heavy atom. The maximum absolute atomic E-state index is 13.2. The third-order valence-corrected chi connectivity index (χ3v) is 5.52. The van der Waals surface area contributed by atoms with Gasteiger partial charge < -0.3 is 28.4 Å². The molecule has 4 rings (SSSR count). The summed E-state index contributed by atoms with van der Waals surface area (Å²) in [6.07, 6.45) is 0. The fourth-order valence-electron chi connectivity index (χ4n) is 3.65. The molecule has 198 valence electrons. The van der Waals surface area contributed by atoms with Crippen molar-refractivity contribution in [2.75, 3.05) is 21.3 Å². The van der Waals surface area contributed by atoms with Crippen molar-refractivity contribution in [1.29, 1.82) is 0 Å². The summed E-state index contributed by atoms with van der Waals surface area (Å²) < 4.78 is 32.6. The van der Waals surface area contributed by atoms with E-state index in [0.717, 1.165) is 0 Å². The molecule has 0 aromatic heterocycles. The molecule has 0 bridgehead atoms. The fraction of sp³-hybridized carbons (Fsp3) is 0.100.